The number of esters is 1. The summed E-state index contributed by atoms with van der Waals surface area (Å²) >= 11 is 3.52. The molecule has 1 aromatic heterocycles. The van der Waals surface area contributed by atoms with Crippen LogP contribution in [0.4, 0.5) is 0 Å². The van der Waals surface area contributed by atoms with E-state index in [1.54, 1.807) is 18.2 Å². The number of halogens is 1. The molecule has 3 aromatic carbocycles. The molecule has 0 aliphatic rings. The fraction of sp³-hybridized carbons (Fsp3) is 0.0870. The number of hydrogen-bond acceptors (Lipinski definition) is 5. The van der Waals surface area contributed by atoms with Gasteiger partial charge in [0.2, 0.25) is 5.89 Å². The molecular formula is C23H15BrN2O3. The molecule has 29 heavy (non-hydrogen) atoms. The Hall–Kier alpha value is -3.43. The number of carbonyl (C=O) groups is 1. The molecule has 0 bridgehead atoms. The summed E-state index contributed by atoms with van der Waals surface area (Å²) in [5, 5.41) is 9.67. The number of nitrogens with zero attached hydrogens (tertiary/aromatic N) is 2. The van der Waals surface area contributed by atoms with E-state index in [2.05, 4.69) is 27.0 Å². The number of benzene rings is 3. The van der Waals surface area contributed by atoms with Gasteiger partial charge in [0.1, 0.15) is 11.6 Å². The van der Waals surface area contributed by atoms with E-state index in [-0.39, 0.29) is 0 Å². The number of oxazole rings is 1. The van der Waals surface area contributed by atoms with Crippen molar-refractivity contribution in [1.29, 1.82) is 5.26 Å². The van der Waals surface area contributed by atoms with E-state index < -0.39 is 5.97 Å². The van der Waals surface area contributed by atoms with E-state index in [1.807, 2.05) is 43.3 Å². The van der Waals surface area contributed by atoms with Gasteiger partial charge in [-0.15, -0.1) is 0 Å². The summed E-state index contributed by atoms with van der Waals surface area (Å²) in [5.74, 6) is -0.00138. The topological polar surface area (TPSA) is 76.1 Å². The molecule has 0 aliphatic heterocycles. The second kappa shape index (κ2) is 7.53. The first-order valence-corrected chi connectivity index (χ1v) is 9.60. The van der Waals surface area contributed by atoms with Crippen LogP contribution in [0.15, 0.2) is 63.5 Å². The summed E-state index contributed by atoms with van der Waals surface area (Å²) in [7, 11) is 1.34. The van der Waals surface area contributed by atoms with Gasteiger partial charge in [0, 0.05) is 10.0 Å². The molecule has 0 N–H and O–H groups in total. The second-order valence-corrected chi connectivity index (χ2v) is 7.31. The molecule has 6 heteroatoms. The van der Waals surface area contributed by atoms with Crippen LogP contribution in [0, 0.1) is 18.3 Å². The van der Waals surface area contributed by atoms with Gasteiger partial charge >= 0.3 is 5.97 Å². The molecule has 0 atom stereocenters. The molecule has 4 aromatic rings. The van der Waals surface area contributed by atoms with E-state index in [1.165, 1.54) is 7.11 Å². The quantitative estimate of drug-likeness (QED) is 0.366. The van der Waals surface area contributed by atoms with E-state index in [0.717, 1.165) is 15.6 Å². The third kappa shape index (κ3) is 3.30. The monoisotopic (exact) mass is 446 g/mol. The van der Waals surface area contributed by atoms with Crippen LogP contribution < -0.4 is 0 Å². The Balaban J connectivity index is 1.94. The number of rotatable bonds is 3. The first-order chi connectivity index (χ1) is 14.0. The summed E-state index contributed by atoms with van der Waals surface area (Å²) in [6.07, 6.45) is 0. The smallest absolute Gasteiger partial charge is 0.338 e. The lowest BCUT2D eigenvalue weighted by atomic mass is 9.97. The molecule has 4 rings (SSSR count). The number of fused-ring (bicyclic) bond motifs is 1. The first-order valence-electron chi connectivity index (χ1n) is 8.81. The van der Waals surface area contributed by atoms with Crippen LogP contribution in [-0.4, -0.2) is 18.1 Å². The molecule has 0 fully saturated rings. The molecule has 0 spiro atoms. The maximum Gasteiger partial charge on any atom is 0.338 e. The predicted octanol–water partition coefficient (Wildman–Crippen LogP) is 5.89. The predicted molar refractivity (Wildman–Crippen MR) is 113 cm³/mol. The van der Waals surface area contributed by atoms with E-state index in [9.17, 15) is 10.1 Å². The largest absolute Gasteiger partial charge is 0.465 e. The van der Waals surface area contributed by atoms with Gasteiger partial charge in [-0.25, -0.2) is 9.78 Å². The lowest BCUT2D eigenvalue weighted by molar-refractivity contribution is 0.0601. The Morgan fingerprint density at radius 1 is 1.14 bits per heavy atom. The molecule has 0 saturated heterocycles. The van der Waals surface area contributed by atoms with Crippen molar-refractivity contribution in [3.63, 3.8) is 0 Å². The van der Waals surface area contributed by atoms with Crippen molar-refractivity contribution in [2.24, 2.45) is 0 Å². The first kappa shape index (κ1) is 18.9. The molecule has 0 saturated carbocycles. The Morgan fingerprint density at radius 3 is 2.66 bits per heavy atom. The van der Waals surface area contributed by atoms with Crippen LogP contribution in [0.2, 0.25) is 0 Å². The third-order valence-electron chi connectivity index (χ3n) is 4.75. The minimum absolute atomic E-state index is 0.351. The van der Waals surface area contributed by atoms with Crippen molar-refractivity contribution >= 4 is 33.0 Å². The van der Waals surface area contributed by atoms with Crippen LogP contribution in [-0.2, 0) is 4.74 Å². The summed E-state index contributed by atoms with van der Waals surface area (Å²) in [5.41, 5.74) is 4.94. The van der Waals surface area contributed by atoms with Gasteiger partial charge in [0.05, 0.1) is 18.2 Å². The van der Waals surface area contributed by atoms with Gasteiger partial charge in [-0.05, 0) is 53.9 Å². The summed E-state index contributed by atoms with van der Waals surface area (Å²) in [6.45, 7) is 1.97. The van der Waals surface area contributed by atoms with Gasteiger partial charge in [0.15, 0.2) is 5.58 Å². The van der Waals surface area contributed by atoms with Crippen molar-refractivity contribution in [3.05, 3.63) is 75.8 Å². The van der Waals surface area contributed by atoms with Crippen molar-refractivity contribution in [3.8, 4) is 28.7 Å². The van der Waals surface area contributed by atoms with Crippen LogP contribution >= 0.6 is 15.9 Å². The Kier molecular flexibility index (Phi) is 4.91. The highest BCUT2D eigenvalue weighted by molar-refractivity contribution is 9.10. The van der Waals surface area contributed by atoms with E-state index in [4.69, 9.17) is 9.15 Å². The van der Waals surface area contributed by atoms with Crippen molar-refractivity contribution in [1.82, 2.24) is 4.98 Å². The molecule has 0 aliphatic carbocycles. The second-order valence-electron chi connectivity index (χ2n) is 6.45. The van der Waals surface area contributed by atoms with Crippen LogP contribution in [0.3, 0.4) is 0 Å². The van der Waals surface area contributed by atoms with Gasteiger partial charge in [-0.3, -0.25) is 0 Å². The van der Waals surface area contributed by atoms with Gasteiger partial charge in [0.25, 0.3) is 0 Å². The minimum atomic E-state index is -0.440. The molecule has 0 unspecified atom stereocenters. The lowest BCUT2D eigenvalue weighted by Crippen LogP contribution is -2.03. The molecule has 1 heterocycles. The zero-order valence-corrected chi connectivity index (χ0v) is 17.3. The van der Waals surface area contributed by atoms with Crippen LogP contribution in [0.25, 0.3) is 33.7 Å². The van der Waals surface area contributed by atoms with Gasteiger partial charge < -0.3 is 9.15 Å². The number of aromatic nitrogens is 1. The maximum absolute atomic E-state index is 12.2. The summed E-state index contributed by atoms with van der Waals surface area (Å²) < 4.78 is 11.8. The van der Waals surface area contributed by atoms with Gasteiger partial charge in [-0.2, -0.15) is 5.26 Å². The van der Waals surface area contributed by atoms with Crippen molar-refractivity contribution in [2.75, 3.05) is 7.11 Å². The van der Waals surface area contributed by atoms with Crippen molar-refractivity contribution < 1.29 is 13.9 Å². The standard InChI is InChI=1S/C23H15BrN2O3/c1-13-16(8-5-9-19(13)24)22-26-20-11-14(10-15(12-25)21(20)29-22)17-6-3-4-7-18(17)23(27)28-2/h3-11H,1-2H3. The zero-order valence-electron chi connectivity index (χ0n) is 15.7. The average molecular weight is 447 g/mol. The number of ether oxygens (including phenoxy) is 1. The number of methoxy groups -OCH3 is 1. The van der Waals surface area contributed by atoms with Gasteiger partial charge in [-0.1, -0.05) is 40.2 Å². The fourth-order valence-electron chi connectivity index (χ4n) is 3.25. The fourth-order valence-corrected chi connectivity index (χ4v) is 3.61. The van der Waals surface area contributed by atoms with E-state index in [0.29, 0.717) is 39.2 Å². The third-order valence-corrected chi connectivity index (χ3v) is 5.61. The molecule has 0 radical (unpaired) electrons. The Bertz CT molecular complexity index is 1300. The number of carbonyl (C=O) groups excluding carboxylic acids is 1. The molecule has 142 valence electrons. The number of nitriles is 1. The van der Waals surface area contributed by atoms with Crippen molar-refractivity contribution in [2.45, 2.75) is 6.92 Å². The average Bonchev–Trinajstić information content (AvgIpc) is 3.18. The summed E-state index contributed by atoms with van der Waals surface area (Å²) in [6, 6.07) is 18.6. The van der Waals surface area contributed by atoms with Crippen LogP contribution in [0.5, 0.6) is 0 Å². The molecular weight excluding hydrogens is 432 g/mol. The molecule has 0 amide bonds. The van der Waals surface area contributed by atoms with Crippen LogP contribution in [0.1, 0.15) is 21.5 Å². The molecule has 5 nitrogen and oxygen atoms in total. The Labute approximate surface area is 175 Å². The highest BCUT2D eigenvalue weighted by atomic mass is 79.9. The maximum atomic E-state index is 12.2. The number of hydrogen-bond donors (Lipinski definition) is 0. The highest BCUT2D eigenvalue weighted by Gasteiger charge is 2.18. The Morgan fingerprint density at radius 2 is 1.90 bits per heavy atom. The SMILES string of the molecule is COC(=O)c1ccccc1-c1cc(C#N)c2oc(-c3cccc(Br)c3C)nc2c1. The lowest BCUT2D eigenvalue weighted by Gasteiger charge is -2.08. The minimum Gasteiger partial charge on any atom is -0.465 e. The highest BCUT2D eigenvalue weighted by Crippen LogP contribution is 2.34. The van der Waals surface area contributed by atoms with E-state index >= 15 is 0 Å². The zero-order chi connectivity index (χ0) is 20.5. The summed E-state index contributed by atoms with van der Waals surface area (Å²) in [4.78, 5) is 16.8. The normalized spacial score (nSPS) is 10.7.